The minimum absolute atomic E-state index is 0.134. The van der Waals surface area contributed by atoms with Gasteiger partial charge in [0.05, 0.1) is 5.02 Å². The van der Waals surface area contributed by atoms with E-state index in [4.69, 9.17) is 11.6 Å². The summed E-state index contributed by atoms with van der Waals surface area (Å²) in [5, 5.41) is 3.17. The number of nitrogens with one attached hydrogen (secondary N) is 1. The Balaban J connectivity index is 2.13. The van der Waals surface area contributed by atoms with Gasteiger partial charge in [-0.05, 0) is 43.5 Å². The molecule has 0 aliphatic carbocycles. The van der Waals surface area contributed by atoms with Gasteiger partial charge in [-0.2, -0.15) is 0 Å². The molecule has 1 nitrogen and oxygen atoms in total. The van der Waals surface area contributed by atoms with Crippen LogP contribution in [0.4, 0.5) is 8.78 Å². The van der Waals surface area contributed by atoms with Crippen LogP contribution in [0.25, 0.3) is 0 Å². The van der Waals surface area contributed by atoms with E-state index < -0.39 is 11.6 Å². The summed E-state index contributed by atoms with van der Waals surface area (Å²) in [6.07, 6.45) is 3.81. The van der Waals surface area contributed by atoms with Gasteiger partial charge in [0.1, 0.15) is 11.6 Å². The van der Waals surface area contributed by atoms with Crippen LogP contribution in [0.3, 0.4) is 0 Å². The molecule has 1 N–H and O–H groups in total. The molecule has 1 saturated heterocycles. The summed E-state index contributed by atoms with van der Waals surface area (Å²) < 4.78 is 26.7. The van der Waals surface area contributed by atoms with Crippen molar-refractivity contribution in [3.63, 3.8) is 0 Å². The van der Waals surface area contributed by atoms with Gasteiger partial charge in [-0.1, -0.05) is 18.0 Å². The molecular formula is C12H14ClF2N. The van der Waals surface area contributed by atoms with Crippen molar-refractivity contribution in [2.45, 2.75) is 31.7 Å². The maximum absolute atomic E-state index is 13.6. The summed E-state index contributed by atoms with van der Waals surface area (Å²) in [6.45, 7) is 0.954. The Morgan fingerprint density at radius 1 is 1.31 bits per heavy atom. The Morgan fingerprint density at radius 2 is 2.12 bits per heavy atom. The summed E-state index contributed by atoms with van der Waals surface area (Å²) in [7, 11) is 0. The van der Waals surface area contributed by atoms with Crippen LogP contribution >= 0.6 is 11.6 Å². The normalized spacial score (nSPS) is 21.1. The van der Waals surface area contributed by atoms with Crippen LogP contribution < -0.4 is 5.32 Å². The van der Waals surface area contributed by atoms with Gasteiger partial charge < -0.3 is 5.32 Å². The van der Waals surface area contributed by atoms with Crippen LogP contribution in [0.1, 0.15) is 24.8 Å². The monoisotopic (exact) mass is 245 g/mol. The first-order chi connectivity index (χ1) is 7.66. The number of hydrogen-bond acceptors (Lipinski definition) is 1. The predicted octanol–water partition coefficient (Wildman–Crippen LogP) is 3.30. The van der Waals surface area contributed by atoms with Crippen LogP contribution in [0, 0.1) is 11.6 Å². The lowest BCUT2D eigenvalue weighted by Gasteiger charge is -2.23. The Bertz CT molecular complexity index is 376. The van der Waals surface area contributed by atoms with E-state index in [0.717, 1.165) is 31.9 Å². The fourth-order valence-corrected chi connectivity index (χ4v) is 2.35. The van der Waals surface area contributed by atoms with Crippen molar-refractivity contribution in [2.75, 3.05) is 6.54 Å². The highest BCUT2D eigenvalue weighted by atomic mass is 35.5. The Kier molecular flexibility index (Phi) is 3.77. The molecule has 1 aromatic carbocycles. The fourth-order valence-electron chi connectivity index (χ4n) is 2.12. The lowest BCUT2D eigenvalue weighted by atomic mass is 9.97. The Labute approximate surface area is 98.8 Å². The average Bonchev–Trinajstić information content (AvgIpc) is 2.27. The van der Waals surface area contributed by atoms with Crippen molar-refractivity contribution in [3.8, 4) is 0 Å². The highest BCUT2D eigenvalue weighted by Gasteiger charge is 2.17. The van der Waals surface area contributed by atoms with Crippen LogP contribution in [-0.2, 0) is 6.42 Å². The third kappa shape index (κ3) is 2.71. The summed E-state index contributed by atoms with van der Waals surface area (Å²) in [4.78, 5) is 0. The Morgan fingerprint density at radius 3 is 2.81 bits per heavy atom. The second-order valence-electron chi connectivity index (χ2n) is 4.21. The van der Waals surface area contributed by atoms with E-state index in [-0.39, 0.29) is 11.1 Å². The van der Waals surface area contributed by atoms with Gasteiger partial charge in [-0.3, -0.25) is 0 Å². The van der Waals surface area contributed by atoms with Crippen molar-refractivity contribution >= 4 is 11.6 Å². The zero-order chi connectivity index (χ0) is 11.5. The summed E-state index contributed by atoms with van der Waals surface area (Å²) in [5.74, 6) is -0.965. The number of hydrogen-bond donors (Lipinski definition) is 1. The lowest BCUT2D eigenvalue weighted by molar-refractivity contribution is 0.394. The molecule has 88 valence electrons. The molecule has 1 aliphatic heterocycles. The molecule has 16 heavy (non-hydrogen) atoms. The van der Waals surface area contributed by atoms with Crippen molar-refractivity contribution < 1.29 is 8.78 Å². The zero-order valence-electron chi connectivity index (χ0n) is 8.90. The number of piperidine rings is 1. The molecular weight excluding hydrogens is 232 g/mol. The minimum Gasteiger partial charge on any atom is -0.314 e. The molecule has 0 amide bonds. The van der Waals surface area contributed by atoms with Gasteiger partial charge in [0, 0.05) is 6.04 Å². The van der Waals surface area contributed by atoms with Gasteiger partial charge in [0.15, 0.2) is 0 Å². The first-order valence-corrected chi connectivity index (χ1v) is 5.91. The fraction of sp³-hybridized carbons (Fsp3) is 0.500. The molecule has 0 saturated carbocycles. The molecule has 1 fully saturated rings. The number of rotatable bonds is 2. The first-order valence-electron chi connectivity index (χ1n) is 5.53. The SMILES string of the molecule is Fc1cc(Cl)c(F)c(CC2CCCCN2)c1. The van der Waals surface area contributed by atoms with E-state index >= 15 is 0 Å². The maximum atomic E-state index is 13.6. The number of benzene rings is 1. The van der Waals surface area contributed by atoms with E-state index in [1.54, 1.807) is 0 Å². The third-order valence-corrected chi connectivity index (χ3v) is 3.22. The summed E-state index contributed by atoms with van der Waals surface area (Å²) in [6, 6.07) is 2.48. The van der Waals surface area contributed by atoms with E-state index in [1.165, 1.54) is 6.07 Å². The topological polar surface area (TPSA) is 12.0 Å². The standard InChI is InChI=1S/C12H14ClF2N/c13-11-7-9(14)5-8(12(11)15)6-10-3-1-2-4-16-10/h5,7,10,16H,1-4,6H2. The Hall–Kier alpha value is -0.670. The third-order valence-electron chi connectivity index (χ3n) is 2.95. The van der Waals surface area contributed by atoms with Crippen molar-refractivity contribution in [2.24, 2.45) is 0 Å². The second kappa shape index (κ2) is 5.11. The van der Waals surface area contributed by atoms with Gasteiger partial charge in [-0.15, -0.1) is 0 Å². The average molecular weight is 246 g/mol. The first kappa shape index (κ1) is 11.8. The zero-order valence-corrected chi connectivity index (χ0v) is 9.66. The quantitative estimate of drug-likeness (QED) is 0.789. The lowest BCUT2D eigenvalue weighted by Crippen LogP contribution is -2.35. The van der Waals surface area contributed by atoms with Gasteiger partial charge in [-0.25, -0.2) is 8.78 Å². The highest BCUT2D eigenvalue weighted by molar-refractivity contribution is 6.30. The second-order valence-corrected chi connectivity index (χ2v) is 4.62. The van der Waals surface area contributed by atoms with Crippen LogP contribution in [-0.4, -0.2) is 12.6 Å². The minimum atomic E-state index is -0.490. The molecule has 1 aliphatic rings. The summed E-state index contributed by atoms with van der Waals surface area (Å²) >= 11 is 5.60. The summed E-state index contributed by atoms with van der Waals surface area (Å²) in [5.41, 5.74) is 0.365. The van der Waals surface area contributed by atoms with Crippen molar-refractivity contribution in [1.82, 2.24) is 5.32 Å². The molecule has 1 unspecified atom stereocenters. The predicted molar refractivity (Wildman–Crippen MR) is 60.7 cm³/mol. The molecule has 0 spiro atoms. The molecule has 2 rings (SSSR count). The molecule has 1 heterocycles. The molecule has 4 heteroatoms. The van der Waals surface area contributed by atoms with E-state index in [2.05, 4.69) is 5.32 Å². The molecule has 1 aromatic rings. The van der Waals surface area contributed by atoms with E-state index in [1.807, 2.05) is 0 Å². The molecule has 0 aromatic heterocycles. The smallest absolute Gasteiger partial charge is 0.145 e. The van der Waals surface area contributed by atoms with E-state index in [9.17, 15) is 8.78 Å². The largest absolute Gasteiger partial charge is 0.314 e. The van der Waals surface area contributed by atoms with Crippen LogP contribution in [0.2, 0.25) is 5.02 Å². The van der Waals surface area contributed by atoms with Crippen molar-refractivity contribution in [3.05, 3.63) is 34.4 Å². The van der Waals surface area contributed by atoms with Gasteiger partial charge in [0.25, 0.3) is 0 Å². The van der Waals surface area contributed by atoms with Crippen LogP contribution in [0.5, 0.6) is 0 Å². The van der Waals surface area contributed by atoms with Crippen molar-refractivity contribution in [1.29, 1.82) is 0 Å². The number of halogens is 3. The molecule has 0 bridgehead atoms. The van der Waals surface area contributed by atoms with E-state index in [0.29, 0.717) is 12.0 Å². The molecule has 0 radical (unpaired) electrons. The maximum Gasteiger partial charge on any atom is 0.145 e. The highest BCUT2D eigenvalue weighted by Crippen LogP contribution is 2.22. The van der Waals surface area contributed by atoms with Gasteiger partial charge in [0.2, 0.25) is 0 Å². The molecule has 1 atom stereocenters. The van der Waals surface area contributed by atoms with Crippen LogP contribution in [0.15, 0.2) is 12.1 Å². The van der Waals surface area contributed by atoms with Gasteiger partial charge >= 0.3 is 0 Å².